The topological polar surface area (TPSA) is 57.4 Å². The van der Waals surface area contributed by atoms with E-state index in [2.05, 4.69) is 82.5 Å². The lowest BCUT2D eigenvalue weighted by molar-refractivity contribution is 0.590. The van der Waals surface area contributed by atoms with E-state index in [1.54, 1.807) is 95.9 Å². The minimum atomic E-state index is -1.26. The normalized spacial score (nSPS) is 16.9. The lowest BCUT2D eigenvalue weighted by Gasteiger charge is -2.44. The zero-order chi connectivity index (χ0) is 107. The zero-order valence-corrected chi connectivity index (χ0v) is 64.5. The molecule has 0 amide bonds. The first-order chi connectivity index (χ1) is 72.1. The van der Waals surface area contributed by atoms with E-state index in [-0.39, 0.29) is 172 Å². The van der Waals surface area contributed by atoms with Crippen LogP contribution in [0.25, 0.3) is 181 Å². The van der Waals surface area contributed by atoms with Gasteiger partial charge in [-0.1, -0.05) is 259 Å². The number of anilines is 6. The molecule has 2 aliphatic rings. The van der Waals surface area contributed by atoms with Crippen LogP contribution in [-0.2, 0) is 10.8 Å². The van der Waals surface area contributed by atoms with Gasteiger partial charge in [0.15, 0.2) is 22.3 Å². The Morgan fingerprint density at radius 3 is 0.833 bits per heavy atom. The largest absolute Gasteiger partial charge is 0.452 e. The first-order valence-corrected chi connectivity index (χ1v) is 39.2. The molecule has 0 saturated heterocycles. The van der Waals surface area contributed by atoms with Crippen molar-refractivity contribution in [1.29, 1.82) is 0 Å². The molecule has 10 heteroatoms. The van der Waals surface area contributed by atoms with Crippen LogP contribution in [0.15, 0.2) is 360 Å². The van der Waals surface area contributed by atoms with Crippen molar-refractivity contribution in [2.24, 2.45) is 0 Å². The van der Waals surface area contributed by atoms with Crippen LogP contribution in [0.4, 0.5) is 34.1 Å². The molecule has 2 aliphatic heterocycles. The summed E-state index contributed by atoms with van der Waals surface area (Å²) in [5.41, 5.74) is 3.78. The van der Waals surface area contributed by atoms with Gasteiger partial charge in [-0.15, -0.1) is 0 Å². The third kappa shape index (κ3) is 9.22. The molecule has 17 aromatic carbocycles. The van der Waals surface area contributed by atoms with E-state index in [9.17, 15) is 41.1 Å². The molecule has 9 nitrogen and oxygen atoms in total. The fourth-order valence-corrected chi connectivity index (χ4v) is 19.1. The van der Waals surface area contributed by atoms with Crippen molar-refractivity contribution in [3.8, 4) is 28.4 Å². The Labute approximate surface area is 735 Å². The first-order valence-electron chi connectivity index (χ1n) is 55.2. The van der Waals surface area contributed by atoms with Crippen molar-refractivity contribution in [2.75, 3.05) is 9.80 Å². The molecule has 0 atom stereocenters. The standard InChI is InChI=1S/C110H76BN7O2/c1-109(2,3)65-51-57-94-82(59-65)83-60-66(110(4,5)6)52-58-95(83)116(94)97-48-24-36-79-81-38-26-50-99(108(81)120-106(79)97)118-101-62-68(113-88-41-17-9-29-72(88)73-30-10-18-42-89(73)113)54-56-85(101)111-84-55-53-67(112-86-39-15-7-27-70(86)71-28-8-16-40-87(71)112)61-100(84)117(102-63-69(64-103(118)104(102)111)114-90-43-19-11-31-74(90)75-32-12-20-44-91(75)114)98-49-25-37-80-78-35-23-47-96(105(78)119-107(80)98)115-92-45-21-13-33-76(92)77-34-14-22-46-93(77)115/h7-64H,1-6H3/i7D,8D,9D,10D,11D,12D,13D,14D,15D,16D,17D,18D,19D,20D,21D,22D,27D,28D,29D,30D,31D,32D,33D,34D,39D,40D,41D,42D,43D,44D,45D,46D. The Balaban J connectivity index is 0.863. The van der Waals surface area contributed by atoms with Gasteiger partial charge in [-0.3, -0.25) is 0 Å². The smallest absolute Gasteiger partial charge is 0.252 e. The number of hydrogen-bond acceptors (Lipinski definition) is 4. The summed E-state index contributed by atoms with van der Waals surface area (Å²) >= 11 is 0. The highest BCUT2D eigenvalue weighted by Crippen LogP contribution is 2.54. The predicted octanol–water partition coefficient (Wildman–Crippen LogP) is 27.6. The summed E-state index contributed by atoms with van der Waals surface area (Å²) in [4.78, 5) is 3.61. The molecule has 120 heavy (non-hydrogen) atoms. The number of hydrogen-bond donors (Lipinski definition) is 0. The van der Waals surface area contributed by atoms with E-state index in [1.807, 2.05) is 35.2 Å². The molecule has 0 aliphatic carbocycles. The van der Waals surface area contributed by atoms with E-state index in [4.69, 9.17) is 11.6 Å². The number of benzene rings is 17. The van der Waals surface area contributed by atoms with E-state index in [0.29, 0.717) is 49.2 Å². The third-order valence-corrected chi connectivity index (χ3v) is 24.4. The summed E-state index contributed by atoms with van der Waals surface area (Å²) in [7, 11) is 0. The number of fused-ring (bicyclic) bond motifs is 25. The molecular weight excluding hydrogens is 1460 g/mol. The molecule has 0 bridgehead atoms. The molecular formula is C110H76BN7O2. The molecule has 0 N–H and O–H groups in total. The SMILES string of the molecule is [2H]c1c([2H])c([2H])c2c(c1[2H])c1c([2H])c([2H])c([2H])c([2H])c1n2-c1ccc2c(c1)N(c1cccc3c1oc1c(-n4c5ccc(C(C)(C)C)cc5c5cc(C(C)(C)C)ccc54)cccc13)c1cc(-n3c4c([2H])c([2H])c([2H])c([2H])c4c4c([2H])c([2H])c([2H])c([2H])c43)cc3c1B2c1ccc(-n2c4c([2H])c([2H])c([2H])c([2H])c4c4c([2H])c([2H])c([2H])c([2H])c42)cc1N3c1cccc2c1oc1c(-n3c4c([2H])c([2H])c([2H])c([2H])c4c4c([2H])c([2H])c([2H])c([2H])c43)cccc12. The molecule has 0 spiro atoms. The Hall–Kier alpha value is -15.0. The van der Waals surface area contributed by atoms with Gasteiger partial charge in [0, 0.05) is 110 Å². The van der Waals surface area contributed by atoms with Crippen molar-refractivity contribution in [3.63, 3.8) is 0 Å². The Morgan fingerprint density at radius 1 is 0.233 bits per heavy atom. The van der Waals surface area contributed by atoms with Gasteiger partial charge in [-0.2, -0.15) is 0 Å². The van der Waals surface area contributed by atoms with Crippen molar-refractivity contribution >= 4 is 210 Å². The highest BCUT2D eigenvalue weighted by molar-refractivity contribution is 7.00. The van der Waals surface area contributed by atoms with Gasteiger partial charge in [-0.25, -0.2) is 0 Å². The van der Waals surface area contributed by atoms with E-state index >= 15 is 0 Å². The second-order valence-corrected chi connectivity index (χ2v) is 32.7. The van der Waals surface area contributed by atoms with Gasteiger partial charge < -0.3 is 41.5 Å². The zero-order valence-electron chi connectivity index (χ0n) is 96.5. The lowest BCUT2D eigenvalue weighted by Crippen LogP contribution is -2.61. The summed E-state index contributed by atoms with van der Waals surface area (Å²) in [6, 6.07) is 25.3. The summed E-state index contributed by atoms with van der Waals surface area (Å²) in [5.74, 6) is 0. The monoisotopic (exact) mass is 1570 g/mol. The van der Waals surface area contributed by atoms with E-state index in [1.165, 1.54) is 18.3 Å². The average Bonchev–Trinajstić information content (AvgIpc) is 1.36. The Kier molecular flexibility index (Phi) is 8.77. The summed E-state index contributed by atoms with van der Waals surface area (Å²) in [5, 5.41) is 1.40. The number of aromatic nitrogens is 5. The minimum Gasteiger partial charge on any atom is -0.452 e. The van der Waals surface area contributed by atoms with Crippen LogP contribution < -0.4 is 26.2 Å². The summed E-state index contributed by atoms with van der Waals surface area (Å²) in [6.07, 6.45) is 0. The quantitative estimate of drug-likeness (QED) is 0.149. The maximum atomic E-state index is 10.3. The van der Waals surface area contributed by atoms with Crippen molar-refractivity contribution in [2.45, 2.75) is 52.4 Å². The van der Waals surface area contributed by atoms with Crippen LogP contribution in [0.1, 0.15) is 96.5 Å². The van der Waals surface area contributed by atoms with Crippen LogP contribution in [0.2, 0.25) is 0 Å². The van der Waals surface area contributed by atoms with Crippen molar-refractivity contribution < 1.29 is 52.7 Å². The molecule has 0 saturated carbocycles. The van der Waals surface area contributed by atoms with Gasteiger partial charge in [0.05, 0.1) is 127 Å². The highest BCUT2D eigenvalue weighted by Gasteiger charge is 2.46. The first kappa shape index (κ1) is 43.3. The average molecular weight is 1570 g/mol. The number of furan rings is 2. The van der Waals surface area contributed by atoms with Gasteiger partial charge in [0.2, 0.25) is 0 Å². The van der Waals surface area contributed by atoms with Crippen LogP contribution in [0.5, 0.6) is 0 Å². The molecule has 7 aromatic heterocycles. The molecule has 0 fully saturated rings. The molecule has 9 heterocycles. The number of nitrogens with zero attached hydrogens (tertiary/aromatic N) is 7. The molecule has 566 valence electrons. The van der Waals surface area contributed by atoms with Gasteiger partial charge in [0.1, 0.15) is 0 Å². The Morgan fingerprint density at radius 2 is 0.508 bits per heavy atom. The van der Waals surface area contributed by atoms with E-state index < -0.39 is 200 Å². The molecule has 24 aromatic rings. The molecule has 0 radical (unpaired) electrons. The van der Waals surface area contributed by atoms with Crippen LogP contribution >= 0.6 is 0 Å². The predicted molar refractivity (Wildman–Crippen MR) is 504 cm³/mol. The van der Waals surface area contributed by atoms with Crippen LogP contribution in [-0.4, -0.2) is 29.5 Å². The fourth-order valence-electron chi connectivity index (χ4n) is 19.1. The third-order valence-electron chi connectivity index (χ3n) is 24.4. The van der Waals surface area contributed by atoms with E-state index in [0.717, 1.165) is 32.9 Å². The summed E-state index contributed by atoms with van der Waals surface area (Å²) in [6.45, 7) is 11.7. The maximum absolute atomic E-state index is 10.3. The molecule has 0 unspecified atom stereocenters. The fraction of sp³-hybridized carbons (Fsp3) is 0.0727. The second kappa shape index (κ2) is 24.3. The lowest BCUT2D eigenvalue weighted by atomic mass is 9.33. The highest BCUT2D eigenvalue weighted by atomic mass is 16.3. The van der Waals surface area contributed by atoms with Crippen LogP contribution in [0, 0.1) is 0 Å². The number of rotatable bonds is 7. The Bertz CT molecular complexity index is 10100. The minimum absolute atomic E-state index is 0.000941. The summed E-state index contributed by atoms with van der Waals surface area (Å²) < 4.78 is 330. The van der Waals surface area contributed by atoms with Crippen LogP contribution in [0.3, 0.4) is 0 Å². The van der Waals surface area contributed by atoms with Crippen molar-refractivity contribution in [3.05, 3.63) is 362 Å². The molecule has 26 rings (SSSR count). The maximum Gasteiger partial charge on any atom is 0.252 e. The van der Waals surface area contributed by atoms with Gasteiger partial charge in [-0.05, 0) is 172 Å². The van der Waals surface area contributed by atoms with Gasteiger partial charge in [0.25, 0.3) is 6.71 Å². The second-order valence-electron chi connectivity index (χ2n) is 32.7. The van der Waals surface area contributed by atoms with Crippen molar-refractivity contribution in [1.82, 2.24) is 22.8 Å². The number of para-hydroxylation sites is 12. The van der Waals surface area contributed by atoms with Gasteiger partial charge >= 0.3 is 0 Å².